The average molecular weight is 116 g/mol. The molecule has 0 aromatic rings. The van der Waals surface area contributed by atoms with E-state index in [1.165, 1.54) is 4.91 Å². The van der Waals surface area contributed by atoms with Crippen molar-refractivity contribution in [1.29, 1.82) is 0 Å². The zero-order chi connectivity index (χ0) is 5.70. The second kappa shape index (κ2) is 4.25. The van der Waals surface area contributed by atoms with E-state index in [2.05, 4.69) is 20.4 Å². The highest BCUT2D eigenvalue weighted by atomic mass is 32.2. The topological polar surface area (TPSA) is 0 Å². The maximum atomic E-state index is 3.83. The number of allylic oxidation sites excluding steroid dienone is 1. The van der Waals surface area contributed by atoms with Crippen LogP contribution < -0.4 is 0 Å². The Morgan fingerprint density at radius 3 is 2.29 bits per heavy atom. The predicted octanol–water partition coefficient (Wildman–Crippen LogP) is 2.66. The minimum absolute atomic E-state index is 1.11. The van der Waals surface area contributed by atoms with Gasteiger partial charge in [0.1, 0.15) is 0 Å². The molecule has 0 saturated carbocycles. The molecule has 42 valence electrons. The summed E-state index contributed by atoms with van der Waals surface area (Å²) in [6.07, 6.45) is 1.11. The molecule has 0 bridgehead atoms. The molecule has 0 atom stereocenters. The highest BCUT2D eigenvalue weighted by Crippen LogP contribution is 2.14. The number of rotatable bonds is 3. The van der Waals surface area contributed by atoms with E-state index in [0.717, 1.165) is 12.2 Å². The standard InChI is InChI=1S/C6H12S/c1-4-6(3)7-5-2/h3-5H2,1-2H3. The SMILES string of the molecule is C=C(CC)SCC. The van der Waals surface area contributed by atoms with Gasteiger partial charge in [0.05, 0.1) is 0 Å². The second-order valence-electron chi connectivity index (χ2n) is 1.33. The van der Waals surface area contributed by atoms with Gasteiger partial charge < -0.3 is 0 Å². The molecule has 0 unspecified atom stereocenters. The van der Waals surface area contributed by atoms with Gasteiger partial charge >= 0.3 is 0 Å². The molecule has 0 aliphatic heterocycles. The Bertz CT molecular complexity index is 57.2. The molecule has 0 nitrogen and oxygen atoms in total. The minimum Gasteiger partial charge on any atom is -0.132 e. The molecule has 0 fully saturated rings. The molecule has 0 N–H and O–H groups in total. The fraction of sp³-hybridized carbons (Fsp3) is 0.667. The summed E-state index contributed by atoms with van der Waals surface area (Å²) < 4.78 is 0. The van der Waals surface area contributed by atoms with Crippen LogP contribution in [0, 0.1) is 0 Å². The van der Waals surface area contributed by atoms with Gasteiger partial charge in [-0.15, -0.1) is 11.8 Å². The summed E-state index contributed by atoms with van der Waals surface area (Å²) in [7, 11) is 0. The Hall–Kier alpha value is 0.0900. The fourth-order valence-electron chi connectivity index (χ4n) is 0.306. The van der Waals surface area contributed by atoms with Crippen LogP contribution in [-0.4, -0.2) is 5.75 Å². The lowest BCUT2D eigenvalue weighted by Gasteiger charge is -1.94. The normalized spacial score (nSPS) is 8.86. The molecule has 0 spiro atoms. The highest BCUT2D eigenvalue weighted by molar-refractivity contribution is 8.03. The van der Waals surface area contributed by atoms with Gasteiger partial charge in [0.25, 0.3) is 0 Å². The molecular formula is C6H12S. The molecule has 1 heteroatoms. The first-order chi connectivity index (χ1) is 3.31. The molecule has 0 aliphatic rings. The van der Waals surface area contributed by atoms with Crippen LogP contribution in [0.4, 0.5) is 0 Å². The third-order valence-electron chi connectivity index (χ3n) is 0.743. The average Bonchev–Trinajstić information content (AvgIpc) is 1.68. The molecule has 0 aromatic carbocycles. The zero-order valence-electron chi connectivity index (χ0n) is 5.03. The summed E-state index contributed by atoms with van der Waals surface area (Å²) in [5.41, 5.74) is 0. The summed E-state index contributed by atoms with van der Waals surface area (Å²) in [6, 6.07) is 0. The van der Waals surface area contributed by atoms with Crippen molar-refractivity contribution < 1.29 is 0 Å². The Morgan fingerprint density at radius 2 is 2.14 bits per heavy atom. The lowest BCUT2D eigenvalue weighted by atomic mass is 10.5. The molecule has 0 radical (unpaired) electrons. The van der Waals surface area contributed by atoms with E-state index in [-0.39, 0.29) is 0 Å². The quantitative estimate of drug-likeness (QED) is 0.546. The zero-order valence-corrected chi connectivity index (χ0v) is 5.85. The van der Waals surface area contributed by atoms with Gasteiger partial charge in [0, 0.05) is 0 Å². The van der Waals surface area contributed by atoms with Crippen molar-refractivity contribution in [1.82, 2.24) is 0 Å². The smallest absolute Gasteiger partial charge is 0.00519 e. The van der Waals surface area contributed by atoms with E-state index in [0.29, 0.717) is 0 Å². The first-order valence-corrected chi connectivity index (χ1v) is 3.60. The third kappa shape index (κ3) is 3.93. The van der Waals surface area contributed by atoms with Gasteiger partial charge in [0.15, 0.2) is 0 Å². The predicted molar refractivity (Wildman–Crippen MR) is 37.6 cm³/mol. The molecule has 0 amide bonds. The van der Waals surface area contributed by atoms with Crippen molar-refractivity contribution in [3.63, 3.8) is 0 Å². The van der Waals surface area contributed by atoms with Gasteiger partial charge in [-0.25, -0.2) is 0 Å². The van der Waals surface area contributed by atoms with Crippen molar-refractivity contribution in [3.05, 3.63) is 11.5 Å². The second-order valence-corrected chi connectivity index (χ2v) is 2.77. The van der Waals surface area contributed by atoms with E-state index in [9.17, 15) is 0 Å². The Morgan fingerprint density at radius 1 is 1.57 bits per heavy atom. The van der Waals surface area contributed by atoms with E-state index >= 15 is 0 Å². The van der Waals surface area contributed by atoms with Crippen LogP contribution in [0.2, 0.25) is 0 Å². The lowest BCUT2D eigenvalue weighted by Crippen LogP contribution is -1.68. The molecule has 0 rings (SSSR count). The van der Waals surface area contributed by atoms with Crippen LogP contribution in [0.15, 0.2) is 11.5 Å². The van der Waals surface area contributed by atoms with E-state index < -0.39 is 0 Å². The van der Waals surface area contributed by atoms with Gasteiger partial charge in [-0.05, 0) is 17.1 Å². The first-order valence-electron chi connectivity index (χ1n) is 2.61. The van der Waals surface area contributed by atoms with Crippen LogP contribution in [-0.2, 0) is 0 Å². The van der Waals surface area contributed by atoms with Gasteiger partial charge in [-0.2, -0.15) is 0 Å². The third-order valence-corrected chi connectivity index (χ3v) is 1.73. The van der Waals surface area contributed by atoms with Crippen molar-refractivity contribution in [2.45, 2.75) is 20.3 Å². The number of thioether (sulfide) groups is 1. The van der Waals surface area contributed by atoms with Crippen LogP contribution in [0.5, 0.6) is 0 Å². The fourth-order valence-corrected chi connectivity index (χ4v) is 0.919. The highest BCUT2D eigenvalue weighted by Gasteiger charge is 1.83. The number of hydrogen-bond acceptors (Lipinski definition) is 1. The van der Waals surface area contributed by atoms with Crippen molar-refractivity contribution in [2.24, 2.45) is 0 Å². The molecular weight excluding hydrogens is 104 g/mol. The summed E-state index contributed by atoms with van der Waals surface area (Å²) in [6.45, 7) is 8.10. The van der Waals surface area contributed by atoms with Crippen LogP contribution in [0.3, 0.4) is 0 Å². The maximum absolute atomic E-state index is 3.83. The van der Waals surface area contributed by atoms with Gasteiger partial charge in [0.2, 0.25) is 0 Å². The molecule has 0 saturated heterocycles. The Balaban J connectivity index is 3.00. The Labute approximate surface area is 50.0 Å². The summed E-state index contributed by atoms with van der Waals surface area (Å²) in [4.78, 5) is 1.29. The van der Waals surface area contributed by atoms with Gasteiger partial charge in [-0.3, -0.25) is 0 Å². The van der Waals surface area contributed by atoms with Crippen LogP contribution >= 0.6 is 11.8 Å². The monoisotopic (exact) mass is 116 g/mol. The molecule has 0 heterocycles. The van der Waals surface area contributed by atoms with E-state index in [1.54, 1.807) is 0 Å². The number of hydrogen-bond donors (Lipinski definition) is 0. The summed E-state index contributed by atoms with van der Waals surface area (Å²) in [5, 5.41) is 0. The van der Waals surface area contributed by atoms with Crippen molar-refractivity contribution in [3.8, 4) is 0 Å². The Kier molecular flexibility index (Phi) is 4.31. The maximum Gasteiger partial charge on any atom is -0.00519 e. The van der Waals surface area contributed by atoms with E-state index in [1.807, 2.05) is 11.8 Å². The lowest BCUT2D eigenvalue weighted by molar-refractivity contribution is 1.21. The summed E-state index contributed by atoms with van der Waals surface area (Å²) in [5.74, 6) is 1.16. The van der Waals surface area contributed by atoms with Crippen molar-refractivity contribution >= 4 is 11.8 Å². The van der Waals surface area contributed by atoms with Crippen LogP contribution in [0.1, 0.15) is 20.3 Å². The minimum atomic E-state index is 1.11. The summed E-state index contributed by atoms with van der Waals surface area (Å²) >= 11 is 1.84. The first kappa shape index (κ1) is 7.09. The molecule has 0 aromatic heterocycles. The van der Waals surface area contributed by atoms with E-state index in [4.69, 9.17) is 0 Å². The largest absolute Gasteiger partial charge is 0.132 e. The van der Waals surface area contributed by atoms with Gasteiger partial charge in [-0.1, -0.05) is 20.4 Å². The molecule has 0 aliphatic carbocycles. The molecule has 7 heavy (non-hydrogen) atoms. The van der Waals surface area contributed by atoms with Crippen molar-refractivity contribution in [2.75, 3.05) is 5.75 Å². The van der Waals surface area contributed by atoms with Crippen LogP contribution in [0.25, 0.3) is 0 Å².